The molecule has 2 rings (SSSR count). The summed E-state index contributed by atoms with van der Waals surface area (Å²) in [6.07, 6.45) is -0.778. The van der Waals surface area contributed by atoms with Crippen LogP contribution in [0.25, 0.3) is 0 Å². The second-order valence-corrected chi connectivity index (χ2v) is 5.93. The van der Waals surface area contributed by atoms with E-state index in [1.54, 1.807) is 0 Å². The number of nitrogens with one attached hydrogen (secondary N) is 1. The molecule has 132 valence electrons. The van der Waals surface area contributed by atoms with Crippen molar-refractivity contribution in [3.63, 3.8) is 0 Å². The van der Waals surface area contributed by atoms with Gasteiger partial charge in [-0.3, -0.25) is 0 Å². The van der Waals surface area contributed by atoms with E-state index >= 15 is 0 Å². The lowest BCUT2D eigenvalue weighted by molar-refractivity contribution is -0.138. The van der Waals surface area contributed by atoms with E-state index in [0.717, 1.165) is 23.2 Å². The Morgan fingerprint density at radius 1 is 0.960 bits per heavy atom. The molecule has 0 aliphatic rings. The van der Waals surface area contributed by atoms with Gasteiger partial charge < -0.3 is 19.3 Å². The lowest BCUT2D eigenvalue weighted by atomic mass is 10.2. The third-order valence-corrected chi connectivity index (χ3v) is 3.94. The first-order valence-electron chi connectivity index (χ1n) is 7.63. The number of benzene rings is 2. The second-order valence-electron chi connectivity index (χ2n) is 5.13. The highest BCUT2D eigenvalue weighted by atomic mass is 32.2. The van der Waals surface area contributed by atoms with Crippen LogP contribution in [0.4, 0.5) is 4.79 Å². The predicted octanol–water partition coefficient (Wildman–Crippen LogP) is 3.23. The molecule has 0 saturated carbocycles. The van der Waals surface area contributed by atoms with Gasteiger partial charge in [-0.2, -0.15) is 0 Å². The highest BCUT2D eigenvalue weighted by Crippen LogP contribution is 2.11. The molecule has 2 aromatic rings. The molecule has 0 aromatic heterocycles. The van der Waals surface area contributed by atoms with Gasteiger partial charge in [-0.15, -0.1) is 0 Å². The average molecular weight is 361 g/mol. The van der Waals surface area contributed by atoms with Gasteiger partial charge in [0.25, 0.3) is 0 Å². The van der Waals surface area contributed by atoms with Gasteiger partial charge in [-0.25, -0.2) is 9.59 Å². The van der Waals surface area contributed by atoms with E-state index in [4.69, 9.17) is 8.92 Å². The van der Waals surface area contributed by atoms with Crippen molar-refractivity contribution in [2.75, 3.05) is 5.75 Å². The minimum atomic E-state index is -1.15. The first-order valence-corrected chi connectivity index (χ1v) is 8.54. The number of hydrogen-bond acceptors (Lipinski definition) is 5. The molecule has 0 saturated heterocycles. The van der Waals surface area contributed by atoms with Crippen molar-refractivity contribution in [3.8, 4) is 0 Å². The zero-order valence-electron chi connectivity index (χ0n) is 13.5. The molecule has 0 aliphatic carbocycles. The Bertz CT molecular complexity index is 666. The normalized spacial score (nSPS) is 11.5. The largest absolute Gasteiger partial charge is 0.480 e. The summed E-state index contributed by atoms with van der Waals surface area (Å²) in [6.45, 7) is 0.437. The van der Waals surface area contributed by atoms with Crippen LogP contribution in [0, 0.1) is 0 Å². The molecule has 25 heavy (non-hydrogen) atoms. The molecule has 1 atom stereocenters. The zero-order valence-corrected chi connectivity index (χ0v) is 14.3. The number of rotatable bonds is 9. The van der Waals surface area contributed by atoms with Crippen LogP contribution >= 0.6 is 12.0 Å². The lowest BCUT2D eigenvalue weighted by Crippen LogP contribution is -2.42. The van der Waals surface area contributed by atoms with Gasteiger partial charge in [0.2, 0.25) is 0 Å². The Morgan fingerprint density at radius 2 is 1.52 bits per heavy atom. The van der Waals surface area contributed by atoms with Crippen LogP contribution in [0.3, 0.4) is 0 Å². The molecule has 0 spiro atoms. The third-order valence-electron chi connectivity index (χ3n) is 3.19. The molecule has 2 aromatic carbocycles. The number of aliphatic carboxylic acids is 1. The molecule has 0 unspecified atom stereocenters. The van der Waals surface area contributed by atoms with Crippen LogP contribution < -0.4 is 5.32 Å². The van der Waals surface area contributed by atoms with E-state index in [1.807, 2.05) is 60.7 Å². The smallest absolute Gasteiger partial charge is 0.408 e. The van der Waals surface area contributed by atoms with E-state index in [1.165, 1.54) is 0 Å². The number of alkyl carbamates (subject to hydrolysis) is 1. The fraction of sp³-hybridized carbons (Fsp3) is 0.222. The summed E-state index contributed by atoms with van der Waals surface area (Å²) >= 11 is 0.990. The van der Waals surface area contributed by atoms with Gasteiger partial charge in [-0.1, -0.05) is 60.7 Å². The maximum atomic E-state index is 11.7. The van der Waals surface area contributed by atoms with Crippen molar-refractivity contribution in [3.05, 3.63) is 71.8 Å². The van der Waals surface area contributed by atoms with Crippen LogP contribution in [0.5, 0.6) is 0 Å². The molecule has 7 heteroatoms. The second kappa shape index (κ2) is 10.4. The first kappa shape index (κ1) is 18.8. The number of carboxylic acids is 1. The lowest BCUT2D eigenvalue weighted by Gasteiger charge is -2.14. The quantitative estimate of drug-likeness (QED) is 0.527. The van der Waals surface area contributed by atoms with Crippen molar-refractivity contribution in [1.29, 1.82) is 0 Å². The molecule has 0 radical (unpaired) electrons. The maximum Gasteiger partial charge on any atom is 0.408 e. The molecule has 6 nitrogen and oxygen atoms in total. The molecule has 0 heterocycles. The number of ether oxygens (including phenoxy) is 1. The van der Waals surface area contributed by atoms with Crippen LogP contribution in [0.2, 0.25) is 0 Å². The van der Waals surface area contributed by atoms with Gasteiger partial charge in [0, 0.05) is 0 Å². The summed E-state index contributed by atoms with van der Waals surface area (Å²) in [4.78, 5) is 23.0. The predicted molar refractivity (Wildman–Crippen MR) is 94.9 cm³/mol. The Hall–Kier alpha value is -2.51. The van der Waals surface area contributed by atoms with E-state index in [9.17, 15) is 14.7 Å². The molecule has 1 amide bonds. The van der Waals surface area contributed by atoms with E-state index in [-0.39, 0.29) is 12.4 Å². The molecule has 0 aliphatic heterocycles. The van der Waals surface area contributed by atoms with Crippen LogP contribution in [0.1, 0.15) is 11.1 Å². The molecule has 2 N–H and O–H groups in total. The van der Waals surface area contributed by atoms with Crippen molar-refractivity contribution < 1.29 is 23.6 Å². The Balaban J connectivity index is 1.70. The first-order chi connectivity index (χ1) is 12.1. The minimum absolute atomic E-state index is 0.0720. The summed E-state index contributed by atoms with van der Waals surface area (Å²) < 4.78 is 10.4. The summed E-state index contributed by atoms with van der Waals surface area (Å²) in [5.41, 5.74) is 1.81. The topological polar surface area (TPSA) is 84.9 Å². The Labute approximate surface area is 150 Å². The third kappa shape index (κ3) is 7.28. The minimum Gasteiger partial charge on any atom is -0.480 e. The van der Waals surface area contributed by atoms with E-state index < -0.39 is 18.1 Å². The van der Waals surface area contributed by atoms with Crippen LogP contribution in [0.15, 0.2) is 60.7 Å². The summed E-state index contributed by atoms with van der Waals surface area (Å²) in [5, 5.41) is 11.5. The van der Waals surface area contributed by atoms with Crippen molar-refractivity contribution in [1.82, 2.24) is 5.32 Å². The standard InChI is InChI=1S/C18H19NO5S/c20-17(21)16(13-25-24-12-15-9-5-2-6-10-15)19-18(22)23-11-14-7-3-1-4-8-14/h1-10,16H,11-13H2,(H,19,22)(H,20,21)/t16-/m0/s1. The Kier molecular flexibility index (Phi) is 7.81. The molecule has 0 bridgehead atoms. The fourth-order valence-electron chi connectivity index (χ4n) is 1.88. The maximum absolute atomic E-state index is 11.7. The van der Waals surface area contributed by atoms with E-state index in [0.29, 0.717) is 6.61 Å². The number of carboxylic acid groups (broad SMARTS) is 1. The molecular formula is C18H19NO5S. The number of carbonyl (C=O) groups is 2. The van der Waals surface area contributed by atoms with Crippen LogP contribution in [-0.4, -0.2) is 29.0 Å². The number of amides is 1. The summed E-state index contributed by atoms with van der Waals surface area (Å²) in [5.74, 6) is -1.07. The van der Waals surface area contributed by atoms with Gasteiger partial charge in [0.05, 0.1) is 12.4 Å². The monoisotopic (exact) mass is 361 g/mol. The van der Waals surface area contributed by atoms with Crippen molar-refractivity contribution in [2.45, 2.75) is 19.3 Å². The molecule has 0 fully saturated rings. The zero-order chi connectivity index (χ0) is 17.9. The van der Waals surface area contributed by atoms with Gasteiger partial charge in [-0.05, 0) is 23.2 Å². The Morgan fingerprint density at radius 3 is 2.08 bits per heavy atom. The highest BCUT2D eigenvalue weighted by Gasteiger charge is 2.21. The van der Waals surface area contributed by atoms with Gasteiger partial charge in [0.1, 0.15) is 12.6 Å². The number of hydrogen-bond donors (Lipinski definition) is 2. The fourth-order valence-corrected chi connectivity index (χ4v) is 2.56. The highest BCUT2D eigenvalue weighted by molar-refractivity contribution is 7.94. The summed E-state index contributed by atoms with van der Waals surface area (Å²) in [6, 6.07) is 17.6. The van der Waals surface area contributed by atoms with E-state index in [2.05, 4.69) is 5.32 Å². The van der Waals surface area contributed by atoms with Gasteiger partial charge >= 0.3 is 12.1 Å². The van der Waals surface area contributed by atoms with Crippen molar-refractivity contribution >= 4 is 24.1 Å². The number of carbonyl (C=O) groups excluding carboxylic acids is 1. The summed E-state index contributed by atoms with van der Waals surface area (Å²) in [7, 11) is 0. The average Bonchev–Trinajstić information content (AvgIpc) is 2.64. The SMILES string of the molecule is O=C(N[C@@H](CSOCc1ccccc1)C(=O)O)OCc1ccccc1. The molecular weight excluding hydrogens is 342 g/mol. The van der Waals surface area contributed by atoms with Crippen LogP contribution in [-0.2, 0) is 26.9 Å². The van der Waals surface area contributed by atoms with Gasteiger partial charge in [0.15, 0.2) is 0 Å². The van der Waals surface area contributed by atoms with Crippen molar-refractivity contribution in [2.24, 2.45) is 0 Å².